The zero-order valence-electron chi connectivity index (χ0n) is 19.0. The Balaban J connectivity index is 1.59. The Kier molecular flexibility index (Phi) is 6.75. The number of rotatable bonds is 7. The van der Waals surface area contributed by atoms with Gasteiger partial charge in [-0.25, -0.2) is 13.8 Å². The van der Waals surface area contributed by atoms with Crippen LogP contribution in [0, 0.1) is 13.8 Å². The molecule has 34 heavy (non-hydrogen) atoms. The topological polar surface area (TPSA) is 78.8 Å². The van der Waals surface area contributed by atoms with Crippen LogP contribution in [0.4, 0.5) is 5.69 Å². The van der Waals surface area contributed by atoms with E-state index in [9.17, 15) is 13.2 Å². The Labute approximate surface area is 199 Å². The molecule has 0 unspecified atom stereocenters. The zero-order chi connectivity index (χ0) is 24.1. The number of sulfonamides is 1. The highest BCUT2D eigenvalue weighted by molar-refractivity contribution is 7.92. The number of hydrogen-bond acceptors (Lipinski definition) is 4. The van der Waals surface area contributed by atoms with Crippen LogP contribution in [0.25, 0.3) is 10.8 Å². The summed E-state index contributed by atoms with van der Waals surface area (Å²) in [5.41, 5.74) is 5.70. The van der Waals surface area contributed by atoms with Gasteiger partial charge in [-0.2, -0.15) is 5.10 Å². The normalized spacial score (nSPS) is 11.6. The second-order valence-corrected chi connectivity index (χ2v) is 9.82. The highest BCUT2D eigenvalue weighted by Gasteiger charge is 2.27. The quantitative estimate of drug-likeness (QED) is 0.311. The van der Waals surface area contributed by atoms with Crippen LogP contribution < -0.4 is 9.73 Å². The maximum absolute atomic E-state index is 13.4. The molecule has 7 heteroatoms. The molecule has 0 heterocycles. The molecular formula is C27H25N3O3S. The lowest BCUT2D eigenvalue weighted by molar-refractivity contribution is -0.119. The van der Waals surface area contributed by atoms with Gasteiger partial charge in [-0.15, -0.1) is 0 Å². The molecule has 6 nitrogen and oxygen atoms in total. The molecule has 4 aromatic carbocycles. The van der Waals surface area contributed by atoms with Crippen LogP contribution in [-0.4, -0.2) is 27.1 Å². The summed E-state index contributed by atoms with van der Waals surface area (Å²) in [5, 5.41) is 6.15. The van der Waals surface area contributed by atoms with E-state index < -0.39 is 22.5 Å². The second-order valence-electron chi connectivity index (χ2n) is 7.95. The fourth-order valence-corrected chi connectivity index (χ4v) is 5.05. The van der Waals surface area contributed by atoms with Crippen LogP contribution in [0.5, 0.6) is 0 Å². The Morgan fingerprint density at radius 3 is 2.35 bits per heavy atom. The molecule has 0 bridgehead atoms. The minimum atomic E-state index is -3.96. The van der Waals surface area contributed by atoms with Crippen molar-refractivity contribution in [2.75, 3.05) is 10.8 Å². The highest BCUT2D eigenvalue weighted by Crippen LogP contribution is 2.25. The van der Waals surface area contributed by atoms with Crippen molar-refractivity contribution in [3.8, 4) is 0 Å². The first-order chi connectivity index (χ1) is 16.4. The van der Waals surface area contributed by atoms with E-state index in [0.717, 1.165) is 31.8 Å². The monoisotopic (exact) mass is 471 g/mol. The number of nitrogens with one attached hydrogen (secondary N) is 1. The van der Waals surface area contributed by atoms with E-state index in [1.54, 1.807) is 36.5 Å². The summed E-state index contributed by atoms with van der Waals surface area (Å²) < 4.78 is 27.9. The standard InChI is InChI=1S/C27H25N3O3S/c1-20-15-16-24(17-21(20)2)30(34(32,33)25-12-4-3-5-13-25)19-27(31)29-28-18-23-11-8-10-22-9-6-7-14-26(22)23/h3-18H,19H2,1-2H3,(H,29,31)/b28-18-. The molecule has 0 atom stereocenters. The first-order valence-electron chi connectivity index (χ1n) is 10.8. The molecule has 1 N–H and O–H groups in total. The van der Waals surface area contributed by atoms with Gasteiger partial charge >= 0.3 is 0 Å². The molecule has 4 rings (SSSR count). The Morgan fingerprint density at radius 1 is 0.882 bits per heavy atom. The lowest BCUT2D eigenvalue weighted by atomic mass is 10.1. The summed E-state index contributed by atoms with van der Waals surface area (Å²) in [6, 6.07) is 27.1. The molecule has 0 aliphatic heterocycles. The van der Waals surface area contributed by atoms with Gasteiger partial charge in [0.15, 0.2) is 0 Å². The van der Waals surface area contributed by atoms with Crippen molar-refractivity contribution in [3.63, 3.8) is 0 Å². The lowest BCUT2D eigenvalue weighted by Crippen LogP contribution is -2.39. The summed E-state index contributed by atoms with van der Waals surface area (Å²) in [4.78, 5) is 12.9. The van der Waals surface area contributed by atoms with Crippen molar-refractivity contribution in [1.82, 2.24) is 5.43 Å². The molecule has 0 fully saturated rings. The molecule has 0 aliphatic carbocycles. The smallest absolute Gasteiger partial charge is 0.264 e. The number of nitrogens with zero attached hydrogens (tertiary/aromatic N) is 2. The van der Waals surface area contributed by atoms with E-state index >= 15 is 0 Å². The van der Waals surface area contributed by atoms with Gasteiger partial charge < -0.3 is 0 Å². The van der Waals surface area contributed by atoms with Crippen LogP contribution >= 0.6 is 0 Å². The molecule has 0 aliphatic rings. The molecule has 4 aromatic rings. The molecule has 172 valence electrons. The van der Waals surface area contributed by atoms with E-state index in [1.807, 2.05) is 62.4 Å². The Hall–Kier alpha value is -3.97. The second kappa shape index (κ2) is 9.89. The van der Waals surface area contributed by atoms with Crippen LogP contribution in [0.3, 0.4) is 0 Å². The third-order valence-corrected chi connectivity index (χ3v) is 7.40. The van der Waals surface area contributed by atoms with Crippen molar-refractivity contribution in [3.05, 3.63) is 108 Å². The number of aryl methyl sites for hydroxylation is 2. The van der Waals surface area contributed by atoms with E-state index in [0.29, 0.717) is 5.69 Å². The molecule has 0 saturated heterocycles. The van der Waals surface area contributed by atoms with E-state index in [1.165, 1.54) is 12.1 Å². The molecular weight excluding hydrogens is 446 g/mol. The number of benzene rings is 4. The summed E-state index contributed by atoms with van der Waals surface area (Å²) in [6.45, 7) is 3.44. The van der Waals surface area contributed by atoms with Crippen molar-refractivity contribution >= 4 is 38.6 Å². The fourth-order valence-electron chi connectivity index (χ4n) is 3.62. The highest BCUT2D eigenvalue weighted by atomic mass is 32.2. The van der Waals surface area contributed by atoms with Crippen LogP contribution in [0.1, 0.15) is 16.7 Å². The SMILES string of the molecule is Cc1ccc(N(CC(=O)N/N=C\c2cccc3ccccc23)S(=O)(=O)c2ccccc2)cc1C. The molecule has 0 radical (unpaired) electrons. The summed E-state index contributed by atoms with van der Waals surface area (Å²) in [6.07, 6.45) is 1.56. The number of hydrogen-bond donors (Lipinski definition) is 1. The minimum absolute atomic E-state index is 0.111. The molecule has 1 amide bonds. The zero-order valence-corrected chi connectivity index (χ0v) is 19.8. The first kappa shape index (κ1) is 23.2. The van der Waals surface area contributed by atoms with Gasteiger partial charge in [-0.05, 0) is 60.0 Å². The van der Waals surface area contributed by atoms with Crippen LogP contribution in [0.15, 0.2) is 101 Å². The Morgan fingerprint density at radius 2 is 1.59 bits per heavy atom. The Bertz CT molecular complexity index is 1460. The van der Waals surface area contributed by atoms with Crippen molar-refractivity contribution in [2.45, 2.75) is 18.7 Å². The summed E-state index contributed by atoms with van der Waals surface area (Å²) in [7, 11) is -3.96. The average molecular weight is 472 g/mol. The number of carbonyl (C=O) groups excluding carboxylic acids is 1. The predicted octanol–water partition coefficient (Wildman–Crippen LogP) is 4.80. The lowest BCUT2D eigenvalue weighted by Gasteiger charge is -2.24. The minimum Gasteiger partial charge on any atom is -0.271 e. The third kappa shape index (κ3) is 5.00. The maximum Gasteiger partial charge on any atom is 0.264 e. The predicted molar refractivity (Wildman–Crippen MR) is 137 cm³/mol. The van der Waals surface area contributed by atoms with Crippen molar-refractivity contribution < 1.29 is 13.2 Å². The third-order valence-electron chi connectivity index (χ3n) is 5.61. The van der Waals surface area contributed by atoms with Crippen molar-refractivity contribution in [1.29, 1.82) is 0 Å². The number of amides is 1. The number of hydrazone groups is 1. The number of carbonyl (C=O) groups is 1. The van der Waals surface area contributed by atoms with Gasteiger partial charge in [-0.3, -0.25) is 9.10 Å². The largest absolute Gasteiger partial charge is 0.271 e. The fraction of sp³-hybridized carbons (Fsp3) is 0.111. The first-order valence-corrected chi connectivity index (χ1v) is 12.2. The summed E-state index contributed by atoms with van der Waals surface area (Å²) >= 11 is 0. The van der Waals surface area contributed by atoms with Crippen molar-refractivity contribution in [2.24, 2.45) is 5.10 Å². The van der Waals surface area contributed by atoms with Crippen LogP contribution in [0.2, 0.25) is 0 Å². The van der Waals surface area contributed by atoms with Crippen LogP contribution in [-0.2, 0) is 14.8 Å². The molecule has 0 aromatic heterocycles. The summed E-state index contributed by atoms with van der Waals surface area (Å²) in [5.74, 6) is -0.547. The van der Waals surface area contributed by atoms with Gasteiger partial charge in [0.05, 0.1) is 16.8 Å². The van der Waals surface area contributed by atoms with Gasteiger partial charge in [-0.1, -0.05) is 66.7 Å². The van der Waals surface area contributed by atoms with Gasteiger partial charge in [0, 0.05) is 5.56 Å². The number of anilines is 1. The van der Waals surface area contributed by atoms with E-state index in [2.05, 4.69) is 10.5 Å². The molecule has 0 saturated carbocycles. The molecule has 0 spiro atoms. The van der Waals surface area contributed by atoms with Gasteiger partial charge in [0.25, 0.3) is 15.9 Å². The average Bonchev–Trinajstić information content (AvgIpc) is 2.85. The van der Waals surface area contributed by atoms with Gasteiger partial charge in [0.2, 0.25) is 0 Å². The van der Waals surface area contributed by atoms with Gasteiger partial charge in [0.1, 0.15) is 6.54 Å². The maximum atomic E-state index is 13.4. The van der Waals surface area contributed by atoms with E-state index in [4.69, 9.17) is 0 Å². The number of fused-ring (bicyclic) bond motifs is 1. The van der Waals surface area contributed by atoms with E-state index in [-0.39, 0.29) is 4.90 Å².